The molecule has 1 atom stereocenters. The van der Waals surface area contributed by atoms with Crippen molar-refractivity contribution in [2.24, 2.45) is 0 Å². The van der Waals surface area contributed by atoms with Crippen molar-refractivity contribution in [2.45, 2.75) is 13.0 Å². The van der Waals surface area contributed by atoms with E-state index in [1.165, 1.54) is 6.07 Å². The number of nitro benzene ring substituents is 1. The van der Waals surface area contributed by atoms with Gasteiger partial charge in [0.1, 0.15) is 5.69 Å². The Morgan fingerprint density at radius 3 is 3.06 bits per heavy atom. The fraction of sp³-hybridized carbons (Fsp3) is 0.500. The van der Waals surface area contributed by atoms with Crippen LogP contribution >= 0.6 is 0 Å². The van der Waals surface area contributed by atoms with E-state index in [9.17, 15) is 10.1 Å². The number of hydrogen-bond donors (Lipinski definition) is 1. The number of para-hydroxylation sites is 1. The molecule has 1 aromatic rings. The van der Waals surface area contributed by atoms with E-state index in [1.807, 2.05) is 17.9 Å². The number of aliphatic hydroxyl groups excluding tert-OH is 1. The number of hydrogen-bond acceptors (Lipinski definition) is 5. The fourth-order valence-corrected chi connectivity index (χ4v) is 2.24. The third kappa shape index (κ3) is 2.44. The van der Waals surface area contributed by atoms with Crippen molar-refractivity contribution in [1.82, 2.24) is 0 Å². The summed E-state index contributed by atoms with van der Waals surface area (Å²) in [7, 11) is 0. The Hall–Kier alpha value is -1.66. The number of morpholine rings is 1. The third-order valence-electron chi connectivity index (χ3n) is 3.07. The highest BCUT2D eigenvalue weighted by Gasteiger charge is 2.26. The van der Waals surface area contributed by atoms with Crippen LogP contribution in [0.4, 0.5) is 11.4 Å². The molecule has 18 heavy (non-hydrogen) atoms. The van der Waals surface area contributed by atoms with Crippen LogP contribution in [0.15, 0.2) is 18.2 Å². The van der Waals surface area contributed by atoms with Gasteiger partial charge in [0.05, 0.1) is 24.2 Å². The lowest BCUT2D eigenvalue weighted by Gasteiger charge is -2.34. The quantitative estimate of drug-likeness (QED) is 0.644. The van der Waals surface area contributed by atoms with Crippen LogP contribution in [0.5, 0.6) is 0 Å². The number of aliphatic hydroxyl groups is 1. The highest BCUT2D eigenvalue weighted by Crippen LogP contribution is 2.32. The summed E-state index contributed by atoms with van der Waals surface area (Å²) in [5.74, 6) is 0. The van der Waals surface area contributed by atoms with Gasteiger partial charge in [-0.1, -0.05) is 12.1 Å². The Balaban J connectivity index is 2.34. The largest absolute Gasteiger partial charge is 0.394 e. The van der Waals surface area contributed by atoms with Gasteiger partial charge in [-0.05, 0) is 12.5 Å². The lowest BCUT2D eigenvalue weighted by Crippen LogP contribution is -2.44. The van der Waals surface area contributed by atoms with Gasteiger partial charge in [-0.3, -0.25) is 10.1 Å². The molecule has 1 aliphatic heterocycles. The summed E-state index contributed by atoms with van der Waals surface area (Å²) in [5, 5.41) is 20.2. The van der Waals surface area contributed by atoms with Crippen LogP contribution in [0.25, 0.3) is 0 Å². The van der Waals surface area contributed by atoms with E-state index in [1.54, 1.807) is 6.07 Å². The highest BCUT2D eigenvalue weighted by atomic mass is 16.6. The van der Waals surface area contributed by atoms with Gasteiger partial charge < -0.3 is 14.7 Å². The molecule has 0 radical (unpaired) electrons. The molecule has 1 aliphatic rings. The smallest absolute Gasteiger partial charge is 0.292 e. The SMILES string of the molecule is Cc1cccc([N+](=O)[O-])c1N1CCOC(CO)C1. The zero-order valence-electron chi connectivity index (χ0n) is 10.2. The Morgan fingerprint density at radius 1 is 1.61 bits per heavy atom. The van der Waals surface area contributed by atoms with Crippen LogP contribution in [-0.2, 0) is 4.74 Å². The summed E-state index contributed by atoms with van der Waals surface area (Å²) in [6, 6.07) is 5.04. The van der Waals surface area contributed by atoms with Gasteiger partial charge in [0.2, 0.25) is 0 Å². The maximum absolute atomic E-state index is 11.1. The van der Waals surface area contributed by atoms with E-state index >= 15 is 0 Å². The van der Waals surface area contributed by atoms with Gasteiger partial charge in [-0.2, -0.15) is 0 Å². The molecule has 1 aromatic carbocycles. The number of nitro groups is 1. The molecule has 0 amide bonds. The van der Waals surface area contributed by atoms with Gasteiger partial charge in [-0.15, -0.1) is 0 Å². The summed E-state index contributed by atoms with van der Waals surface area (Å²) in [4.78, 5) is 12.6. The highest BCUT2D eigenvalue weighted by molar-refractivity contribution is 5.67. The molecule has 1 unspecified atom stereocenters. The van der Waals surface area contributed by atoms with Gasteiger partial charge in [0, 0.05) is 19.2 Å². The van der Waals surface area contributed by atoms with E-state index in [4.69, 9.17) is 9.84 Å². The monoisotopic (exact) mass is 252 g/mol. The van der Waals surface area contributed by atoms with E-state index in [-0.39, 0.29) is 23.3 Å². The lowest BCUT2D eigenvalue weighted by molar-refractivity contribution is -0.384. The van der Waals surface area contributed by atoms with Crippen molar-refractivity contribution < 1.29 is 14.8 Å². The first kappa shape index (κ1) is 12.8. The van der Waals surface area contributed by atoms with Crippen LogP contribution in [0.3, 0.4) is 0 Å². The second-order valence-electron chi connectivity index (χ2n) is 4.32. The predicted octanol–water partition coefficient (Wildman–Crippen LogP) is 1.10. The lowest BCUT2D eigenvalue weighted by atomic mass is 10.1. The summed E-state index contributed by atoms with van der Waals surface area (Å²) in [6.07, 6.45) is -0.280. The first-order valence-electron chi connectivity index (χ1n) is 5.85. The zero-order chi connectivity index (χ0) is 13.1. The molecule has 0 saturated carbocycles. The molecule has 0 bridgehead atoms. The van der Waals surface area contributed by atoms with Gasteiger partial charge in [0.25, 0.3) is 5.69 Å². The zero-order valence-corrected chi connectivity index (χ0v) is 10.2. The number of rotatable bonds is 3. The number of nitrogens with zero attached hydrogens (tertiary/aromatic N) is 2. The topological polar surface area (TPSA) is 75.8 Å². The molecule has 1 saturated heterocycles. The van der Waals surface area contributed by atoms with Crippen LogP contribution in [0, 0.1) is 17.0 Å². The third-order valence-corrected chi connectivity index (χ3v) is 3.07. The van der Waals surface area contributed by atoms with Crippen molar-refractivity contribution in [1.29, 1.82) is 0 Å². The van der Waals surface area contributed by atoms with Gasteiger partial charge in [-0.25, -0.2) is 0 Å². The first-order valence-corrected chi connectivity index (χ1v) is 5.85. The van der Waals surface area contributed by atoms with Crippen LogP contribution in [-0.4, -0.2) is 42.4 Å². The minimum absolute atomic E-state index is 0.0732. The van der Waals surface area contributed by atoms with Gasteiger partial charge in [0.15, 0.2) is 0 Å². The molecule has 1 heterocycles. The summed E-state index contributed by atoms with van der Waals surface area (Å²) in [6.45, 7) is 3.32. The summed E-state index contributed by atoms with van der Waals surface area (Å²) < 4.78 is 5.36. The summed E-state index contributed by atoms with van der Waals surface area (Å²) in [5.41, 5.74) is 1.60. The average Bonchev–Trinajstić information content (AvgIpc) is 2.38. The number of aryl methyl sites for hydroxylation is 1. The maximum atomic E-state index is 11.1. The Morgan fingerprint density at radius 2 is 2.39 bits per heavy atom. The molecule has 0 spiro atoms. The van der Waals surface area contributed by atoms with E-state index in [0.717, 1.165) is 5.56 Å². The van der Waals surface area contributed by atoms with Crippen molar-refractivity contribution in [2.75, 3.05) is 31.2 Å². The molecule has 1 fully saturated rings. The van der Waals surface area contributed by atoms with Gasteiger partial charge >= 0.3 is 0 Å². The van der Waals surface area contributed by atoms with Crippen molar-refractivity contribution in [3.05, 3.63) is 33.9 Å². The average molecular weight is 252 g/mol. The van der Waals surface area contributed by atoms with Crippen molar-refractivity contribution in [3.63, 3.8) is 0 Å². The number of benzene rings is 1. The minimum atomic E-state index is -0.369. The number of anilines is 1. The van der Waals surface area contributed by atoms with E-state index in [2.05, 4.69) is 0 Å². The molecular formula is C12H16N2O4. The van der Waals surface area contributed by atoms with Crippen LogP contribution in [0.1, 0.15) is 5.56 Å². The molecule has 0 aromatic heterocycles. The molecule has 0 aliphatic carbocycles. The molecular weight excluding hydrogens is 236 g/mol. The normalized spacial score (nSPS) is 19.9. The molecule has 1 N–H and O–H groups in total. The Kier molecular flexibility index (Phi) is 3.78. The van der Waals surface area contributed by atoms with E-state index in [0.29, 0.717) is 25.4 Å². The van der Waals surface area contributed by atoms with Crippen molar-refractivity contribution >= 4 is 11.4 Å². The summed E-state index contributed by atoms with van der Waals surface area (Å²) >= 11 is 0. The standard InChI is InChI=1S/C12H16N2O4/c1-9-3-2-4-11(14(16)17)12(9)13-5-6-18-10(7-13)8-15/h2-4,10,15H,5-8H2,1H3. The first-order chi connectivity index (χ1) is 8.63. The molecule has 6 nitrogen and oxygen atoms in total. The predicted molar refractivity (Wildman–Crippen MR) is 66.9 cm³/mol. The minimum Gasteiger partial charge on any atom is -0.394 e. The van der Waals surface area contributed by atoms with E-state index < -0.39 is 0 Å². The maximum Gasteiger partial charge on any atom is 0.292 e. The van der Waals surface area contributed by atoms with Crippen LogP contribution in [0.2, 0.25) is 0 Å². The van der Waals surface area contributed by atoms with Crippen molar-refractivity contribution in [3.8, 4) is 0 Å². The molecule has 98 valence electrons. The molecule has 6 heteroatoms. The van der Waals surface area contributed by atoms with Crippen LogP contribution < -0.4 is 4.90 Å². The Bertz CT molecular complexity index is 450. The number of ether oxygens (including phenoxy) is 1. The second-order valence-corrected chi connectivity index (χ2v) is 4.32. The molecule has 2 rings (SSSR count). The second kappa shape index (κ2) is 5.32. The fourth-order valence-electron chi connectivity index (χ4n) is 2.24. The Labute approximate surface area is 105 Å².